The minimum absolute atomic E-state index is 0.0530. The van der Waals surface area contributed by atoms with Gasteiger partial charge >= 0.3 is 0 Å². The zero-order valence-electron chi connectivity index (χ0n) is 8.40. The summed E-state index contributed by atoms with van der Waals surface area (Å²) >= 11 is 0. The average Bonchev–Trinajstić information content (AvgIpc) is 2.59. The lowest BCUT2D eigenvalue weighted by molar-refractivity contribution is -0.135. The van der Waals surface area contributed by atoms with Crippen LogP contribution in [0.25, 0.3) is 0 Å². The van der Waals surface area contributed by atoms with E-state index < -0.39 is 0 Å². The Labute approximate surface area is 83.0 Å². The first-order valence-electron chi connectivity index (χ1n) is 4.75. The molecule has 1 aliphatic rings. The van der Waals surface area contributed by atoms with Gasteiger partial charge in [0.1, 0.15) is 6.33 Å². The van der Waals surface area contributed by atoms with Gasteiger partial charge in [-0.3, -0.25) is 4.79 Å². The summed E-state index contributed by atoms with van der Waals surface area (Å²) in [5.41, 5.74) is 2.05. The number of carbonyl (C=O) groups is 1. The fourth-order valence-electron chi connectivity index (χ4n) is 1.62. The third-order valence-corrected chi connectivity index (χ3v) is 2.39. The largest absolute Gasteiger partial charge is 0.332 e. The van der Waals surface area contributed by atoms with Crippen LogP contribution in [-0.2, 0) is 17.9 Å². The van der Waals surface area contributed by atoms with Crippen molar-refractivity contribution < 1.29 is 4.79 Å². The maximum atomic E-state index is 11.7. The standard InChI is InChI=1S/C10H13N3O/c1-7(2)10(14)13-4-8-3-11-6-12-9(8)5-13/h3,6-7H,4-5H2,1-2H3. The monoisotopic (exact) mass is 191 g/mol. The maximum absolute atomic E-state index is 11.7. The van der Waals surface area contributed by atoms with E-state index in [1.54, 1.807) is 6.20 Å². The topological polar surface area (TPSA) is 46.1 Å². The molecular formula is C10H13N3O. The first-order chi connectivity index (χ1) is 6.68. The van der Waals surface area contributed by atoms with E-state index in [9.17, 15) is 4.79 Å². The van der Waals surface area contributed by atoms with Gasteiger partial charge in [-0.25, -0.2) is 9.97 Å². The second-order valence-corrected chi connectivity index (χ2v) is 3.84. The van der Waals surface area contributed by atoms with Gasteiger partial charge in [0.25, 0.3) is 0 Å². The molecule has 0 N–H and O–H groups in total. The zero-order chi connectivity index (χ0) is 10.1. The zero-order valence-corrected chi connectivity index (χ0v) is 8.40. The highest BCUT2D eigenvalue weighted by molar-refractivity contribution is 5.78. The number of hydrogen-bond donors (Lipinski definition) is 0. The molecule has 0 radical (unpaired) electrons. The highest BCUT2D eigenvalue weighted by Gasteiger charge is 2.25. The molecule has 0 aliphatic carbocycles. The highest BCUT2D eigenvalue weighted by Crippen LogP contribution is 2.20. The molecule has 0 saturated heterocycles. The smallest absolute Gasteiger partial charge is 0.225 e. The van der Waals surface area contributed by atoms with Crippen LogP contribution in [0.1, 0.15) is 25.1 Å². The summed E-state index contributed by atoms with van der Waals surface area (Å²) in [7, 11) is 0. The van der Waals surface area contributed by atoms with Gasteiger partial charge in [0.15, 0.2) is 0 Å². The third-order valence-electron chi connectivity index (χ3n) is 2.39. The fourth-order valence-corrected chi connectivity index (χ4v) is 1.62. The van der Waals surface area contributed by atoms with Crippen LogP contribution >= 0.6 is 0 Å². The predicted molar refractivity (Wildman–Crippen MR) is 51.1 cm³/mol. The molecule has 0 bridgehead atoms. The van der Waals surface area contributed by atoms with Gasteiger partial charge in [0.05, 0.1) is 12.2 Å². The molecule has 0 spiro atoms. The molecule has 2 rings (SSSR count). The van der Waals surface area contributed by atoms with Crippen molar-refractivity contribution in [3.63, 3.8) is 0 Å². The number of nitrogens with zero attached hydrogens (tertiary/aromatic N) is 3. The van der Waals surface area contributed by atoms with Gasteiger partial charge in [-0.15, -0.1) is 0 Å². The average molecular weight is 191 g/mol. The van der Waals surface area contributed by atoms with Crippen molar-refractivity contribution in [1.29, 1.82) is 0 Å². The van der Waals surface area contributed by atoms with E-state index in [0.717, 1.165) is 11.3 Å². The molecule has 1 aliphatic heterocycles. The minimum Gasteiger partial charge on any atom is -0.332 e. The molecule has 0 atom stereocenters. The lowest BCUT2D eigenvalue weighted by Gasteiger charge is -2.17. The Kier molecular flexibility index (Phi) is 2.19. The van der Waals surface area contributed by atoms with Crippen LogP contribution in [0.5, 0.6) is 0 Å². The number of rotatable bonds is 1. The number of fused-ring (bicyclic) bond motifs is 1. The van der Waals surface area contributed by atoms with Crippen molar-refractivity contribution in [2.24, 2.45) is 5.92 Å². The number of hydrogen-bond acceptors (Lipinski definition) is 3. The van der Waals surface area contributed by atoms with Crippen molar-refractivity contribution in [2.75, 3.05) is 0 Å². The Morgan fingerprint density at radius 3 is 2.93 bits per heavy atom. The predicted octanol–water partition coefficient (Wildman–Crippen LogP) is 0.975. The second-order valence-electron chi connectivity index (χ2n) is 3.84. The van der Waals surface area contributed by atoms with Crippen molar-refractivity contribution in [2.45, 2.75) is 26.9 Å². The molecule has 14 heavy (non-hydrogen) atoms. The van der Waals surface area contributed by atoms with E-state index in [-0.39, 0.29) is 11.8 Å². The molecule has 74 valence electrons. The molecule has 1 aromatic heterocycles. The Morgan fingerprint density at radius 2 is 2.29 bits per heavy atom. The molecule has 4 nitrogen and oxygen atoms in total. The molecule has 0 fully saturated rings. The number of aromatic nitrogens is 2. The number of amides is 1. The fraction of sp³-hybridized carbons (Fsp3) is 0.500. The Hall–Kier alpha value is -1.45. The van der Waals surface area contributed by atoms with Crippen molar-refractivity contribution in [3.05, 3.63) is 23.8 Å². The molecule has 2 heterocycles. The molecule has 0 unspecified atom stereocenters. The summed E-state index contributed by atoms with van der Waals surface area (Å²) in [5.74, 6) is 0.236. The quantitative estimate of drug-likeness (QED) is 0.664. The van der Waals surface area contributed by atoms with E-state index in [0.29, 0.717) is 13.1 Å². The van der Waals surface area contributed by atoms with Gasteiger partial charge in [-0.1, -0.05) is 13.8 Å². The van der Waals surface area contributed by atoms with Gasteiger partial charge < -0.3 is 4.90 Å². The summed E-state index contributed by atoms with van der Waals surface area (Å²) in [6.07, 6.45) is 3.32. The van der Waals surface area contributed by atoms with Crippen molar-refractivity contribution in [1.82, 2.24) is 14.9 Å². The third kappa shape index (κ3) is 1.47. The lowest BCUT2D eigenvalue weighted by atomic mass is 10.2. The summed E-state index contributed by atoms with van der Waals surface area (Å²) in [4.78, 5) is 21.6. The Morgan fingerprint density at radius 1 is 1.50 bits per heavy atom. The van der Waals surface area contributed by atoms with Crippen molar-refractivity contribution in [3.8, 4) is 0 Å². The van der Waals surface area contributed by atoms with Crippen LogP contribution in [-0.4, -0.2) is 20.8 Å². The Bertz CT molecular complexity index is 337. The molecule has 1 amide bonds. The molecular weight excluding hydrogens is 178 g/mol. The number of carbonyl (C=O) groups excluding carboxylic acids is 1. The first kappa shape index (κ1) is 9.12. The van der Waals surface area contributed by atoms with Gasteiger partial charge in [0.2, 0.25) is 5.91 Å². The molecule has 0 aromatic carbocycles. The van der Waals surface area contributed by atoms with E-state index in [4.69, 9.17) is 0 Å². The first-order valence-corrected chi connectivity index (χ1v) is 4.75. The van der Waals surface area contributed by atoms with E-state index >= 15 is 0 Å². The SMILES string of the molecule is CC(C)C(=O)N1Cc2cncnc2C1. The van der Waals surface area contributed by atoms with Gasteiger partial charge in [-0.05, 0) is 0 Å². The summed E-state index contributed by atoms with van der Waals surface area (Å²) in [6.45, 7) is 5.12. The van der Waals surface area contributed by atoms with Crippen LogP contribution < -0.4 is 0 Å². The summed E-state index contributed by atoms with van der Waals surface area (Å²) < 4.78 is 0. The Balaban J connectivity index is 2.16. The minimum atomic E-state index is 0.0530. The van der Waals surface area contributed by atoms with Crippen LogP contribution in [0.15, 0.2) is 12.5 Å². The maximum Gasteiger partial charge on any atom is 0.225 e. The highest BCUT2D eigenvalue weighted by atomic mass is 16.2. The molecule has 0 saturated carbocycles. The lowest BCUT2D eigenvalue weighted by Crippen LogP contribution is -2.29. The van der Waals surface area contributed by atoms with Crippen LogP contribution in [0.3, 0.4) is 0 Å². The summed E-state index contributed by atoms with van der Waals surface area (Å²) in [6, 6.07) is 0. The van der Waals surface area contributed by atoms with Gasteiger partial charge in [0, 0.05) is 24.2 Å². The van der Waals surface area contributed by atoms with Gasteiger partial charge in [-0.2, -0.15) is 0 Å². The van der Waals surface area contributed by atoms with E-state index in [1.165, 1.54) is 6.33 Å². The summed E-state index contributed by atoms with van der Waals surface area (Å²) in [5, 5.41) is 0. The van der Waals surface area contributed by atoms with E-state index in [1.807, 2.05) is 18.7 Å². The van der Waals surface area contributed by atoms with Crippen LogP contribution in [0, 0.1) is 5.92 Å². The van der Waals surface area contributed by atoms with E-state index in [2.05, 4.69) is 9.97 Å². The normalized spacial score (nSPS) is 14.6. The molecule has 4 heteroatoms. The van der Waals surface area contributed by atoms with Crippen molar-refractivity contribution >= 4 is 5.91 Å². The molecule has 1 aromatic rings. The van der Waals surface area contributed by atoms with Crippen LogP contribution in [0.4, 0.5) is 0 Å². The van der Waals surface area contributed by atoms with Crippen LogP contribution in [0.2, 0.25) is 0 Å². The second kappa shape index (κ2) is 3.36.